The van der Waals surface area contributed by atoms with Crippen molar-refractivity contribution in [1.29, 1.82) is 10.8 Å². The molecule has 16 N–H and O–H groups in total. The molecule has 64 heavy (non-hydrogen) atoms. The Hall–Kier alpha value is -7.26. The van der Waals surface area contributed by atoms with E-state index in [0.717, 1.165) is 0 Å². The van der Waals surface area contributed by atoms with Crippen LogP contribution in [0.5, 0.6) is 0 Å². The fraction of sp³-hybridized carbons (Fsp3) is 0.476. The molecule has 1 heterocycles. The van der Waals surface area contributed by atoms with Gasteiger partial charge in [-0.2, -0.15) is 0 Å². The van der Waals surface area contributed by atoms with Gasteiger partial charge in [0.15, 0.2) is 11.9 Å². The molecule has 2 aromatic carbocycles. The third-order valence-electron chi connectivity index (χ3n) is 10.0. The maximum atomic E-state index is 14.0. The Morgan fingerprint density at radius 1 is 0.562 bits per heavy atom. The second kappa shape index (κ2) is 26.3. The molecule has 22 heteroatoms. The molecule has 1 fully saturated rings. The molecule has 2 aromatic rings. The van der Waals surface area contributed by atoms with Crippen LogP contribution in [-0.2, 0) is 51.2 Å². The summed E-state index contributed by atoms with van der Waals surface area (Å²) in [4.78, 5) is 108. The van der Waals surface area contributed by atoms with Crippen molar-refractivity contribution < 1.29 is 38.4 Å². The molecule has 0 aromatic heterocycles. The molecule has 22 nitrogen and oxygen atoms in total. The van der Waals surface area contributed by atoms with Crippen LogP contribution >= 0.6 is 0 Å². The van der Waals surface area contributed by atoms with Gasteiger partial charge in [-0.05, 0) is 49.1 Å². The number of nitrogens with one attached hydrogen (secondary N) is 12. The Morgan fingerprint density at radius 2 is 0.969 bits per heavy atom. The van der Waals surface area contributed by atoms with Gasteiger partial charge in [0.05, 0.1) is 19.6 Å². The summed E-state index contributed by atoms with van der Waals surface area (Å²) in [5.74, 6) is -7.06. The van der Waals surface area contributed by atoms with Crippen LogP contribution in [0.4, 0.5) is 0 Å². The summed E-state index contributed by atoms with van der Waals surface area (Å²) in [6.45, 7) is 3.57. The Bertz CT molecular complexity index is 1950. The molecule has 1 aliphatic heterocycles. The van der Waals surface area contributed by atoms with E-state index in [1.54, 1.807) is 67.6 Å². The van der Waals surface area contributed by atoms with Gasteiger partial charge < -0.3 is 64.6 Å². The van der Waals surface area contributed by atoms with E-state index in [9.17, 15) is 38.4 Å². The first kappa shape index (κ1) is 51.1. The van der Waals surface area contributed by atoms with E-state index in [2.05, 4.69) is 53.2 Å². The highest BCUT2D eigenvalue weighted by Crippen LogP contribution is 2.10. The highest BCUT2D eigenvalue weighted by atomic mass is 16.2. The second-order valence-electron chi connectivity index (χ2n) is 15.8. The van der Waals surface area contributed by atoms with E-state index in [1.165, 1.54) is 6.92 Å². The normalized spacial score (nSPS) is 22.2. The highest BCUT2D eigenvalue weighted by molar-refractivity contribution is 5.97. The fourth-order valence-corrected chi connectivity index (χ4v) is 6.52. The molecule has 0 bridgehead atoms. The lowest BCUT2D eigenvalue weighted by molar-refractivity contribution is -0.134. The Balaban J connectivity index is 1.95. The Morgan fingerprint density at radius 3 is 1.47 bits per heavy atom. The number of benzene rings is 2. The maximum absolute atomic E-state index is 14.0. The lowest BCUT2D eigenvalue weighted by atomic mass is 10.0. The molecule has 0 saturated carbocycles. The van der Waals surface area contributed by atoms with Gasteiger partial charge in [0.25, 0.3) is 0 Å². The molecule has 0 spiro atoms. The third-order valence-corrected chi connectivity index (χ3v) is 10.0. The average Bonchev–Trinajstić information content (AvgIpc) is 3.26. The molecule has 1 saturated heterocycles. The van der Waals surface area contributed by atoms with Crippen molar-refractivity contribution in [2.75, 3.05) is 32.7 Å². The lowest BCUT2D eigenvalue weighted by Crippen LogP contribution is -2.58. The first-order valence-electron chi connectivity index (χ1n) is 21.0. The number of rotatable bonds is 13. The van der Waals surface area contributed by atoms with E-state index >= 15 is 0 Å². The summed E-state index contributed by atoms with van der Waals surface area (Å²) >= 11 is 0. The third kappa shape index (κ3) is 19.2. The van der Waals surface area contributed by atoms with E-state index < -0.39 is 97.1 Å². The summed E-state index contributed by atoms with van der Waals surface area (Å²) in [5.41, 5.74) is 12.2. The van der Waals surface area contributed by atoms with Gasteiger partial charge >= 0.3 is 0 Å². The maximum Gasteiger partial charge on any atom is 0.243 e. The van der Waals surface area contributed by atoms with Gasteiger partial charge in [-0.25, -0.2) is 0 Å². The van der Waals surface area contributed by atoms with Gasteiger partial charge in [-0.15, -0.1) is 0 Å². The molecule has 7 atom stereocenters. The van der Waals surface area contributed by atoms with Crippen molar-refractivity contribution in [3.63, 3.8) is 0 Å². The minimum absolute atomic E-state index is 0.00124. The quantitative estimate of drug-likeness (QED) is 0.0695. The van der Waals surface area contributed by atoms with Gasteiger partial charge in [0.2, 0.25) is 47.3 Å². The largest absolute Gasteiger partial charge is 0.370 e. The molecule has 2 unspecified atom stereocenters. The van der Waals surface area contributed by atoms with E-state index in [1.807, 2.05) is 6.92 Å². The monoisotopic (exact) mass is 890 g/mol. The SMILES string of the molecule is CC(CC[C@H]1NC(=O)CNC(=O)[C@@H](CC(C)CNC(=N)N)NC(=O)CNC(=O)[C@H](Cc2ccccc2)NC(=O)[C@@H](Cc2ccccc2)NC(=O)CNC(=O)[C@H](C)NC1=O)CNC(=N)N. The van der Waals surface area contributed by atoms with Crippen molar-refractivity contribution in [1.82, 2.24) is 53.2 Å². The van der Waals surface area contributed by atoms with Gasteiger partial charge in [-0.3, -0.25) is 49.2 Å². The Kier molecular flexibility index (Phi) is 21.0. The molecular weight excluding hydrogens is 829 g/mol. The molecule has 0 aliphatic carbocycles. The molecule has 8 amide bonds. The molecule has 1 aliphatic rings. The van der Waals surface area contributed by atoms with E-state index in [-0.39, 0.29) is 56.0 Å². The summed E-state index contributed by atoms with van der Waals surface area (Å²) in [6, 6.07) is 11.4. The predicted octanol–water partition coefficient (Wildman–Crippen LogP) is -3.31. The highest BCUT2D eigenvalue weighted by Gasteiger charge is 2.31. The van der Waals surface area contributed by atoms with Crippen LogP contribution in [-0.4, -0.2) is 122 Å². The van der Waals surface area contributed by atoms with E-state index in [4.69, 9.17) is 22.3 Å². The summed E-state index contributed by atoms with van der Waals surface area (Å²) in [7, 11) is 0. The molecule has 348 valence electrons. The summed E-state index contributed by atoms with van der Waals surface area (Å²) in [6.07, 6.45) is 0.432. The Labute approximate surface area is 371 Å². The van der Waals surface area contributed by atoms with Crippen molar-refractivity contribution in [3.8, 4) is 0 Å². The van der Waals surface area contributed by atoms with Gasteiger partial charge in [-0.1, -0.05) is 74.5 Å². The predicted molar refractivity (Wildman–Crippen MR) is 237 cm³/mol. The van der Waals surface area contributed by atoms with Crippen LogP contribution in [0.2, 0.25) is 0 Å². The van der Waals surface area contributed by atoms with Crippen molar-refractivity contribution in [2.45, 2.75) is 83.1 Å². The van der Waals surface area contributed by atoms with Crippen LogP contribution in [0.15, 0.2) is 60.7 Å². The van der Waals surface area contributed by atoms with Crippen LogP contribution in [0.1, 0.15) is 51.2 Å². The number of carbonyl (C=O) groups excluding carboxylic acids is 8. The molecular formula is C42H62N14O8. The zero-order valence-corrected chi connectivity index (χ0v) is 36.3. The zero-order valence-electron chi connectivity index (χ0n) is 36.3. The minimum atomic E-state index is -1.25. The van der Waals surface area contributed by atoms with Crippen LogP contribution < -0.4 is 64.6 Å². The first-order chi connectivity index (χ1) is 30.4. The zero-order chi connectivity index (χ0) is 47.2. The smallest absolute Gasteiger partial charge is 0.243 e. The standard InChI is InChI=1S/C42H62N14O8/c1-24(19-50-41(43)44)14-15-29-39(63)52-26(3)36(60)47-21-34(58)55-32(18-28-12-8-5-9-13-28)40(64)56-31(17-27-10-6-4-7-11-27)38(62)49-23-35(59)54-30(16-25(2)20-51-42(45)46)37(61)48-22-33(57)53-29/h4-13,24-26,29-32H,14-23H2,1-3H3,(H,47,60)(H,48,61)(H,49,62)(H,52,63)(H,53,57)(H,54,59)(H,55,58)(H,56,64)(H4,43,44,50)(H4,45,46,51)/t24?,25?,26-,29+,30+,31-,32+/m0/s1. The number of amides is 8. The number of nitrogens with two attached hydrogens (primary N) is 2. The molecule has 3 rings (SSSR count). The topological polar surface area (TPSA) is 357 Å². The van der Waals surface area contributed by atoms with Gasteiger partial charge in [0, 0.05) is 25.9 Å². The van der Waals surface area contributed by atoms with Gasteiger partial charge in [0.1, 0.15) is 30.2 Å². The van der Waals surface area contributed by atoms with Crippen LogP contribution in [0, 0.1) is 22.7 Å². The average molecular weight is 891 g/mol. The number of carbonyl (C=O) groups is 8. The van der Waals surface area contributed by atoms with Crippen molar-refractivity contribution >= 4 is 59.2 Å². The lowest BCUT2D eigenvalue weighted by Gasteiger charge is -2.25. The van der Waals surface area contributed by atoms with Crippen LogP contribution in [0.25, 0.3) is 0 Å². The first-order valence-corrected chi connectivity index (χ1v) is 21.0. The second-order valence-corrected chi connectivity index (χ2v) is 15.8. The summed E-state index contributed by atoms with van der Waals surface area (Å²) < 4.78 is 0. The van der Waals surface area contributed by atoms with Crippen LogP contribution in [0.3, 0.4) is 0 Å². The van der Waals surface area contributed by atoms with Crippen molar-refractivity contribution in [3.05, 3.63) is 71.8 Å². The number of hydrogen-bond acceptors (Lipinski definition) is 10. The number of hydrogen-bond donors (Lipinski definition) is 14. The minimum Gasteiger partial charge on any atom is -0.370 e. The summed E-state index contributed by atoms with van der Waals surface area (Å²) in [5, 5.41) is 40.8. The van der Waals surface area contributed by atoms with E-state index in [0.29, 0.717) is 24.1 Å². The van der Waals surface area contributed by atoms with Crippen molar-refractivity contribution in [2.24, 2.45) is 23.3 Å². The molecule has 0 radical (unpaired) electrons. The number of guanidine groups is 2. The fourth-order valence-electron chi connectivity index (χ4n) is 6.52.